The zero-order chi connectivity index (χ0) is 10.5. The second-order valence-electron chi connectivity index (χ2n) is 2.97. The van der Waals surface area contributed by atoms with Crippen LogP contribution in [0.4, 0.5) is 0 Å². The third-order valence-corrected chi connectivity index (χ3v) is 3.54. The number of thiazole rings is 2. The Hall–Kier alpha value is -0.820. The number of nitrogens with two attached hydrogens (primary N) is 1. The Balaban J connectivity index is 1.78. The molecule has 0 aliphatic carbocycles. The van der Waals surface area contributed by atoms with Crippen molar-refractivity contribution in [3.05, 3.63) is 32.7 Å². The van der Waals surface area contributed by atoms with Gasteiger partial charge in [0.2, 0.25) is 0 Å². The molecular formula is C9H12N4S2. The molecule has 2 rings (SSSR count). The first-order chi connectivity index (χ1) is 7.38. The first-order valence-corrected chi connectivity index (χ1v) is 6.37. The molecule has 0 aliphatic rings. The molecule has 0 radical (unpaired) electrons. The molecule has 0 saturated carbocycles. The van der Waals surface area contributed by atoms with E-state index in [2.05, 4.69) is 15.3 Å². The predicted octanol–water partition coefficient (Wildman–Crippen LogP) is 1.35. The van der Waals surface area contributed by atoms with Gasteiger partial charge in [0, 0.05) is 36.6 Å². The molecule has 2 aromatic heterocycles. The summed E-state index contributed by atoms with van der Waals surface area (Å²) in [5.41, 5.74) is 6.54. The third kappa shape index (κ3) is 3.07. The molecule has 0 fully saturated rings. The molecule has 0 spiro atoms. The van der Waals surface area contributed by atoms with E-state index in [1.807, 2.05) is 17.0 Å². The van der Waals surface area contributed by atoms with Crippen molar-refractivity contribution in [2.45, 2.75) is 19.6 Å². The van der Waals surface area contributed by atoms with Crippen molar-refractivity contribution in [3.8, 4) is 0 Å². The Morgan fingerprint density at radius 1 is 1.27 bits per heavy atom. The van der Waals surface area contributed by atoms with E-state index in [-0.39, 0.29) is 0 Å². The van der Waals surface area contributed by atoms with Crippen LogP contribution in [0.15, 0.2) is 17.0 Å². The van der Waals surface area contributed by atoms with Crippen LogP contribution in [0.25, 0.3) is 0 Å². The van der Waals surface area contributed by atoms with Gasteiger partial charge in [-0.1, -0.05) is 0 Å². The molecule has 6 heteroatoms. The SMILES string of the molecule is NCc1nc(CNCc2nccs2)cs1. The van der Waals surface area contributed by atoms with Crippen molar-refractivity contribution in [1.82, 2.24) is 15.3 Å². The second-order valence-corrected chi connectivity index (χ2v) is 4.89. The fourth-order valence-corrected chi connectivity index (χ4v) is 2.42. The smallest absolute Gasteiger partial charge is 0.106 e. The van der Waals surface area contributed by atoms with Crippen LogP contribution < -0.4 is 11.1 Å². The highest BCUT2D eigenvalue weighted by molar-refractivity contribution is 7.09. The van der Waals surface area contributed by atoms with Gasteiger partial charge in [-0.15, -0.1) is 22.7 Å². The zero-order valence-corrected chi connectivity index (χ0v) is 9.77. The number of aromatic nitrogens is 2. The summed E-state index contributed by atoms with van der Waals surface area (Å²) >= 11 is 3.26. The summed E-state index contributed by atoms with van der Waals surface area (Å²) in [5.74, 6) is 0. The summed E-state index contributed by atoms with van der Waals surface area (Å²) in [7, 11) is 0. The van der Waals surface area contributed by atoms with Gasteiger partial charge in [-0.05, 0) is 0 Å². The fourth-order valence-electron chi connectivity index (χ4n) is 1.16. The van der Waals surface area contributed by atoms with Crippen molar-refractivity contribution in [3.63, 3.8) is 0 Å². The molecule has 80 valence electrons. The van der Waals surface area contributed by atoms with Gasteiger partial charge in [-0.3, -0.25) is 0 Å². The van der Waals surface area contributed by atoms with E-state index in [0.717, 1.165) is 28.8 Å². The van der Waals surface area contributed by atoms with Crippen LogP contribution in [0.1, 0.15) is 15.7 Å². The lowest BCUT2D eigenvalue weighted by Gasteiger charge is -1.98. The molecule has 0 atom stereocenters. The second kappa shape index (κ2) is 5.32. The maximum absolute atomic E-state index is 5.49. The lowest BCUT2D eigenvalue weighted by molar-refractivity contribution is 0.677. The summed E-state index contributed by atoms with van der Waals surface area (Å²) in [6.45, 7) is 2.10. The fraction of sp³-hybridized carbons (Fsp3) is 0.333. The normalized spacial score (nSPS) is 10.7. The molecule has 2 aromatic rings. The van der Waals surface area contributed by atoms with Gasteiger partial charge in [0.05, 0.1) is 5.69 Å². The Labute approximate surface area is 96.2 Å². The molecule has 2 heterocycles. The van der Waals surface area contributed by atoms with E-state index >= 15 is 0 Å². The largest absolute Gasteiger partial charge is 0.325 e. The van der Waals surface area contributed by atoms with E-state index in [0.29, 0.717) is 6.54 Å². The minimum Gasteiger partial charge on any atom is -0.325 e. The zero-order valence-electron chi connectivity index (χ0n) is 8.14. The highest BCUT2D eigenvalue weighted by atomic mass is 32.1. The topological polar surface area (TPSA) is 63.8 Å². The molecule has 0 aliphatic heterocycles. The van der Waals surface area contributed by atoms with Crippen LogP contribution in [0.2, 0.25) is 0 Å². The van der Waals surface area contributed by atoms with Crippen LogP contribution in [0.3, 0.4) is 0 Å². The van der Waals surface area contributed by atoms with Crippen LogP contribution >= 0.6 is 22.7 Å². The third-order valence-electron chi connectivity index (χ3n) is 1.84. The van der Waals surface area contributed by atoms with Crippen molar-refractivity contribution in [1.29, 1.82) is 0 Å². The van der Waals surface area contributed by atoms with Crippen molar-refractivity contribution in [2.75, 3.05) is 0 Å². The molecule has 3 N–H and O–H groups in total. The average molecular weight is 240 g/mol. The van der Waals surface area contributed by atoms with E-state index < -0.39 is 0 Å². The van der Waals surface area contributed by atoms with Gasteiger partial charge in [0.1, 0.15) is 10.0 Å². The highest BCUT2D eigenvalue weighted by Crippen LogP contribution is 2.09. The van der Waals surface area contributed by atoms with Crippen LogP contribution in [0, 0.1) is 0 Å². The van der Waals surface area contributed by atoms with Crippen LogP contribution in [-0.2, 0) is 19.6 Å². The van der Waals surface area contributed by atoms with Gasteiger partial charge in [0.15, 0.2) is 0 Å². The Kier molecular flexibility index (Phi) is 3.79. The molecule has 0 amide bonds. The minimum atomic E-state index is 0.525. The van der Waals surface area contributed by atoms with Gasteiger partial charge in [0.25, 0.3) is 0 Å². The first kappa shape index (κ1) is 10.7. The first-order valence-electron chi connectivity index (χ1n) is 4.61. The predicted molar refractivity (Wildman–Crippen MR) is 62.7 cm³/mol. The Bertz CT molecular complexity index is 396. The average Bonchev–Trinajstić information content (AvgIpc) is 2.88. The van der Waals surface area contributed by atoms with Crippen molar-refractivity contribution < 1.29 is 0 Å². The quantitative estimate of drug-likeness (QED) is 0.828. The minimum absolute atomic E-state index is 0.525. The number of hydrogen-bond donors (Lipinski definition) is 2. The molecule has 0 saturated heterocycles. The summed E-state index contributed by atoms with van der Waals surface area (Å²) in [5, 5.41) is 9.40. The number of rotatable bonds is 5. The lowest BCUT2D eigenvalue weighted by atomic mass is 10.5. The van der Waals surface area contributed by atoms with E-state index in [4.69, 9.17) is 5.73 Å². The van der Waals surface area contributed by atoms with E-state index in [9.17, 15) is 0 Å². The van der Waals surface area contributed by atoms with Crippen molar-refractivity contribution in [2.24, 2.45) is 5.73 Å². The molecule has 0 bridgehead atoms. The van der Waals surface area contributed by atoms with Crippen LogP contribution in [-0.4, -0.2) is 9.97 Å². The van der Waals surface area contributed by atoms with Gasteiger partial charge < -0.3 is 11.1 Å². The highest BCUT2D eigenvalue weighted by Gasteiger charge is 2.00. The Morgan fingerprint density at radius 3 is 2.87 bits per heavy atom. The van der Waals surface area contributed by atoms with Crippen LogP contribution in [0.5, 0.6) is 0 Å². The van der Waals surface area contributed by atoms with Gasteiger partial charge >= 0.3 is 0 Å². The van der Waals surface area contributed by atoms with E-state index in [1.165, 1.54) is 0 Å². The number of nitrogens with zero attached hydrogens (tertiary/aromatic N) is 2. The maximum atomic E-state index is 5.49. The summed E-state index contributed by atoms with van der Waals surface area (Å²) in [6, 6.07) is 0. The standard InChI is InChI=1S/C9H12N4S2/c10-3-8-13-7(6-15-8)4-11-5-9-12-1-2-14-9/h1-2,6,11H,3-5,10H2. The molecule has 15 heavy (non-hydrogen) atoms. The maximum Gasteiger partial charge on any atom is 0.106 e. The molecule has 0 aromatic carbocycles. The van der Waals surface area contributed by atoms with Gasteiger partial charge in [-0.25, -0.2) is 9.97 Å². The number of hydrogen-bond acceptors (Lipinski definition) is 6. The summed E-state index contributed by atoms with van der Waals surface area (Å²) < 4.78 is 0. The summed E-state index contributed by atoms with van der Waals surface area (Å²) in [4.78, 5) is 8.55. The van der Waals surface area contributed by atoms with Crippen molar-refractivity contribution >= 4 is 22.7 Å². The monoisotopic (exact) mass is 240 g/mol. The summed E-state index contributed by atoms with van der Waals surface area (Å²) in [6.07, 6.45) is 1.82. The molecule has 0 unspecified atom stereocenters. The number of nitrogens with one attached hydrogen (secondary N) is 1. The van der Waals surface area contributed by atoms with E-state index in [1.54, 1.807) is 22.7 Å². The molecule has 4 nitrogen and oxygen atoms in total. The molecular weight excluding hydrogens is 228 g/mol. The lowest BCUT2D eigenvalue weighted by Crippen LogP contribution is -2.12. The van der Waals surface area contributed by atoms with Gasteiger partial charge in [-0.2, -0.15) is 0 Å². The Morgan fingerprint density at radius 2 is 2.20 bits per heavy atom.